The van der Waals surface area contributed by atoms with Crippen LogP contribution in [0.2, 0.25) is 0 Å². The second-order valence-electron chi connectivity index (χ2n) is 9.87. The first-order valence-corrected chi connectivity index (χ1v) is 12.2. The van der Waals surface area contributed by atoms with Gasteiger partial charge in [0.05, 0.1) is 12.6 Å². The average Bonchev–Trinajstić information content (AvgIpc) is 3.59. The van der Waals surface area contributed by atoms with Crippen LogP contribution >= 0.6 is 0 Å². The molecule has 0 amide bonds. The van der Waals surface area contributed by atoms with E-state index in [1.807, 2.05) is 19.9 Å². The highest BCUT2D eigenvalue weighted by molar-refractivity contribution is 5.77. The SMILES string of the molecule is C=CCn1c(=O)c2cnc(Nc3ccc4c(c3)C3(CC3)CNC4)nc2n1-c1ccc(=O)n(C(C)C)n1. The van der Waals surface area contributed by atoms with Crippen molar-refractivity contribution in [2.75, 3.05) is 11.9 Å². The molecule has 0 atom stereocenters. The van der Waals surface area contributed by atoms with Crippen LogP contribution in [0.15, 0.2) is 58.8 Å². The third kappa shape index (κ3) is 3.56. The molecule has 36 heavy (non-hydrogen) atoms. The standard InChI is InChI=1S/C26H28N8O2/c1-4-11-32-24(36)19-14-28-25(29-18-6-5-17-13-27-15-26(9-10-26)20(17)12-18)30-23(19)34(32)21-7-8-22(35)33(31-21)16(2)3/h4-8,12,14,16,27H,1,9-11,13,15H2,2-3H3,(H,28,29,30). The van der Waals surface area contributed by atoms with Gasteiger partial charge in [-0.2, -0.15) is 4.98 Å². The Labute approximate surface area is 207 Å². The Morgan fingerprint density at radius 3 is 2.81 bits per heavy atom. The predicted octanol–water partition coefficient (Wildman–Crippen LogP) is 2.78. The van der Waals surface area contributed by atoms with Gasteiger partial charge in [-0.25, -0.2) is 19.0 Å². The summed E-state index contributed by atoms with van der Waals surface area (Å²) in [4.78, 5) is 34.6. The minimum absolute atomic E-state index is 0.139. The minimum atomic E-state index is -0.252. The highest BCUT2D eigenvalue weighted by Gasteiger charge is 2.46. The number of benzene rings is 1. The Balaban J connectivity index is 1.46. The smallest absolute Gasteiger partial charge is 0.278 e. The fraction of sp³-hybridized carbons (Fsp3) is 0.346. The molecule has 4 aromatic rings. The molecule has 3 aromatic heterocycles. The lowest BCUT2D eigenvalue weighted by molar-refractivity contribution is 0.486. The van der Waals surface area contributed by atoms with E-state index in [4.69, 9.17) is 4.98 Å². The number of rotatable bonds is 6. The lowest BCUT2D eigenvalue weighted by Crippen LogP contribution is -2.33. The number of allylic oxidation sites excluding steroid dienone is 1. The van der Waals surface area contributed by atoms with Gasteiger partial charge in [0.15, 0.2) is 11.5 Å². The van der Waals surface area contributed by atoms with Crippen LogP contribution in [0.25, 0.3) is 16.9 Å². The van der Waals surface area contributed by atoms with Gasteiger partial charge in [0.1, 0.15) is 5.39 Å². The normalized spacial score (nSPS) is 15.9. The molecule has 0 bridgehead atoms. The molecule has 2 N–H and O–H groups in total. The molecule has 0 radical (unpaired) electrons. The Morgan fingerprint density at radius 1 is 1.22 bits per heavy atom. The summed E-state index contributed by atoms with van der Waals surface area (Å²) in [5.74, 6) is 0.793. The molecule has 1 fully saturated rings. The second kappa shape index (κ2) is 8.27. The number of aromatic nitrogens is 6. The zero-order chi connectivity index (χ0) is 25.0. The first-order chi connectivity index (χ1) is 17.4. The molecule has 2 aliphatic rings. The summed E-state index contributed by atoms with van der Waals surface area (Å²) >= 11 is 0. The molecule has 1 saturated carbocycles. The van der Waals surface area contributed by atoms with Crippen LogP contribution in [0.5, 0.6) is 0 Å². The fourth-order valence-electron chi connectivity index (χ4n) is 5.07. The van der Waals surface area contributed by atoms with E-state index in [1.54, 1.807) is 16.8 Å². The van der Waals surface area contributed by atoms with Crippen molar-refractivity contribution in [3.05, 3.63) is 81.0 Å². The van der Waals surface area contributed by atoms with Crippen molar-refractivity contribution in [2.24, 2.45) is 0 Å². The Bertz CT molecular complexity index is 1620. The average molecular weight is 485 g/mol. The first kappa shape index (κ1) is 22.4. The lowest BCUT2D eigenvalue weighted by Gasteiger charge is -2.26. The summed E-state index contributed by atoms with van der Waals surface area (Å²) in [6, 6.07) is 9.30. The van der Waals surface area contributed by atoms with Gasteiger partial charge in [-0.1, -0.05) is 12.1 Å². The molecule has 4 heterocycles. The quantitative estimate of drug-likeness (QED) is 0.405. The fourth-order valence-corrected chi connectivity index (χ4v) is 5.07. The van der Waals surface area contributed by atoms with E-state index >= 15 is 0 Å². The molecule has 1 aliphatic carbocycles. The monoisotopic (exact) mass is 484 g/mol. The third-order valence-electron chi connectivity index (χ3n) is 7.06. The Hall–Kier alpha value is -4.05. The number of hydrogen-bond acceptors (Lipinski definition) is 7. The summed E-state index contributed by atoms with van der Waals surface area (Å²) in [5.41, 5.74) is 3.83. The van der Waals surface area contributed by atoms with Gasteiger partial charge in [0.25, 0.3) is 11.1 Å². The van der Waals surface area contributed by atoms with Gasteiger partial charge < -0.3 is 10.6 Å². The molecule has 0 unspecified atom stereocenters. The molecule has 10 heteroatoms. The van der Waals surface area contributed by atoms with Crippen molar-refractivity contribution in [1.29, 1.82) is 0 Å². The number of nitrogens with one attached hydrogen (secondary N) is 2. The van der Waals surface area contributed by atoms with Crippen molar-refractivity contribution in [3.8, 4) is 5.82 Å². The van der Waals surface area contributed by atoms with E-state index in [-0.39, 0.29) is 29.1 Å². The summed E-state index contributed by atoms with van der Waals surface area (Å²) in [6.07, 6.45) is 5.57. The molecular formula is C26H28N8O2. The number of hydrogen-bond donors (Lipinski definition) is 2. The summed E-state index contributed by atoms with van der Waals surface area (Å²) < 4.78 is 4.51. The Morgan fingerprint density at radius 2 is 2.06 bits per heavy atom. The zero-order valence-electron chi connectivity index (χ0n) is 20.4. The summed E-state index contributed by atoms with van der Waals surface area (Å²) in [7, 11) is 0. The molecular weight excluding hydrogens is 456 g/mol. The lowest BCUT2D eigenvalue weighted by atomic mass is 9.88. The van der Waals surface area contributed by atoms with E-state index in [0.717, 1.165) is 18.8 Å². The molecule has 6 rings (SSSR count). The zero-order valence-corrected chi connectivity index (χ0v) is 20.4. The van der Waals surface area contributed by atoms with Crippen LogP contribution in [0.1, 0.15) is 43.9 Å². The second-order valence-corrected chi connectivity index (χ2v) is 9.87. The predicted molar refractivity (Wildman–Crippen MR) is 138 cm³/mol. The highest BCUT2D eigenvalue weighted by atomic mass is 16.1. The van der Waals surface area contributed by atoms with Crippen molar-refractivity contribution < 1.29 is 0 Å². The summed E-state index contributed by atoms with van der Waals surface area (Å²) in [5, 5.41) is 11.7. The number of fused-ring (bicyclic) bond motifs is 3. The van der Waals surface area contributed by atoms with Crippen LogP contribution in [-0.2, 0) is 18.5 Å². The van der Waals surface area contributed by atoms with Gasteiger partial charge >= 0.3 is 0 Å². The van der Waals surface area contributed by atoms with E-state index in [2.05, 4.69) is 39.4 Å². The molecule has 0 saturated heterocycles. The maximum Gasteiger partial charge on any atom is 0.278 e. The largest absolute Gasteiger partial charge is 0.324 e. The van der Waals surface area contributed by atoms with Crippen LogP contribution in [0.3, 0.4) is 0 Å². The van der Waals surface area contributed by atoms with Crippen molar-refractivity contribution >= 4 is 22.7 Å². The summed E-state index contributed by atoms with van der Waals surface area (Å²) in [6.45, 7) is 9.70. The van der Waals surface area contributed by atoms with Gasteiger partial charge in [0, 0.05) is 36.5 Å². The van der Waals surface area contributed by atoms with E-state index in [1.165, 1.54) is 45.6 Å². The number of anilines is 2. The topological polar surface area (TPSA) is 112 Å². The Kier molecular flexibility index (Phi) is 5.15. The van der Waals surface area contributed by atoms with Gasteiger partial charge in [-0.15, -0.1) is 11.7 Å². The minimum Gasteiger partial charge on any atom is -0.324 e. The van der Waals surface area contributed by atoms with Crippen LogP contribution < -0.4 is 21.8 Å². The van der Waals surface area contributed by atoms with E-state index in [0.29, 0.717) is 22.8 Å². The molecule has 1 aliphatic heterocycles. The van der Waals surface area contributed by atoms with Crippen molar-refractivity contribution in [2.45, 2.75) is 51.2 Å². The molecule has 1 aromatic carbocycles. The maximum absolute atomic E-state index is 13.2. The highest BCUT2D eigenvalue weighted by Crippen LogP contribution is 2.51. The van der Waals surface area contributed by atoms with Gasteiger partial charge in [-0.05, 0) is 56.0 Å². The van der Waals surface area contributed by atoms with Crippen LogP contribution in [0.4, 0.5) is 11.6 Å². The van der Waals surface area contributed by atoms with Crippen molar-refractivity contribution in [3.63, 3.8) is 0 Å². The molecule has 10 nitrogen and oxygen atoms in total. The van der Waals surface area contributed by atoms with E-state index in [9.17, 15) is 9.59 Å². The van der Waals surface area contributed by atoms with Gasteiger partial charge in [0.2, 0.25) is 5.95 Å². The molecule has 184 valence electrons. The molecule has 1 spiro atoms. The van der Waals surface area contributed by atoms with Crippen LogP contribution in [0, 0.1) is 0 Å². The van der Waals surface area contributed by atoms with Crippen molar-refractivity contribution in [1.82, 2.24) is 34.4 Å². The number of nitrogens with zero attached hydrogens (tertiary/aromatic N) is 6. The third-order valence-corrected chi connectivity index (χ3v) is 7.06. The van der Waals surface area contributed by atoms with Crippen LogP contribution in [-0.4, -0.2) is 35.7 Å². The maximum atomic E-state index is 13.2. The van der Waals surface area contributed by atoms with Gasteiger partial charge in [-0.3, -0.25) is 9.59 Å². The first-order valence-electron chi connectivity index (χ1n) is 12.2. The van der Waals surface area contributed by atoms with E-state index < -0.39 is 0 Å².